The van der Waals surface area contributed by atoms with Crippen molar-refractivity contribution >= 4 is 34.5 Å². The predicted octanol–water partition coefficient (Wildman–Crippen LogP) is 4.13. The molecular formula is C20H19N3O2S2. The van der Waals surface area contributed by atoms with Crippen LogP contribution >= 0.6 is 22.7 Å². The summed E-state index contributed by atoms with van der Waals surface area (Å²) in [7, 11) is 0. The maximum atomic E-state index is 12.5. The van der Waals surface area contributed by atoms with E-state index in [0.717, 1.165) is 23.4 Å². The van der Waals surface area contributed by atoms with Crippen LogP contribution in [-0.4, -0.2) is 16.8 Å². The number of aromatic nitrogens is 1. The van der Waals surface area contributed by atoms with Gasteiger partial charge in [0.05, 0.1) is 10.6 Å². The Morgan fingerprint density at radius 3 is 2.52 bits per heavy atom. The number of fused-ring (bicyclic) bond motifs is 1. The maximum Gasteiger partial charge on any atom is 0.281 e. The molecule has 0 fully saturated rings. The van der Waals surface area contributed by atoms with Gasteiger partial charge in [0.25, 0.3) is 11.8 Å². The molecule has 0 radical (unpaired) electrons. The monoisotopic (exact) mass is 397 g/mol. The minimum atomic E-state index is -0.346. The zero-order chi connectivity index (χ0) is 18.8. The third-order valence-electron chi connectivity index (χ3n) is 4.53. The number of thiophene rings is 1. The molecule has 0 unspecified atom stereocenters. The van der Waals surface area contributed by atoms with Crippen LogP contribution in [0, 0.1) is 6.92 Å². The molecule has 2 amide bonds. The van der Waals surface area contributed by atoms with E-state index >= 15 is 0 Å². The van der Waals surface area contributed by atoms with E-state index in [-0.39, 0.29) is 11.8 Å². The molecule has 27 heavy (non-hydrogen) atoms. The van der Waals surface area contributed by atoms with Crippen molar-refractivity contribution in [2.45, 2.75) is 32.6 Å². The normalized spacial score (nSPS) is 13.1. The Morgan fingerprint density at radius 1 is 1.00 bits per heavy atom. The first-order valence-corrected chi connectivity index (χ1v) is 10.5. The van der Waals surface area contributed by atoms with Crippen molar-refractivity contribution in [1.29, 1.82) is 0 Å². The summed E-state index contributed by atoms with van der Waals surface area (Å²) in [6.07, 6.45) is 4.44. The average molecular weight is 398 g/mol. The van der Waals surface area contributed by atoms with Crippen molar-refractivity contribution in [2.24, 2.45) is 0 Å². The van der Waals surface area contributed by atoms with E-state index in [2.05, 4.69) is 15.8 Å². The Bertz CT molecular complexity index is 969. The predicted molar refractivity (Wildman–Crippen MR) is 108 cm³/mol. The smallest absolute Gasteiger partial charge is 0.266 e. The maximum absolute atomic E-state index is 12.5. The topological polar surface area (TPSA) is 71.1 Å². The van der Waals surface area contributed by atoms with Gasteiger partial charge in [0.2, 0.25) is 0 Å². The second-order valence-electron chi connectivity index (χ2n) is 6.47. The highest BCUT2D eigenvalue weighted by molar-refractivity contribution is 7.17. The number of nitrogens with zero attached hydrogens (tertiary/aromatic N) is 1. The lowest BCUT2D eigenvalue weighted by Crippen LogP contribution is -2.41. The molecule has 0 aliphatic heterocycles. The molecule has 1 aliphatic rings. The summed E-state index contributed by atoms with van der Waals surface area (Å²) in [6.45, 7) is 1.80. The molecule has 138 valence electrons. The van der Waals surface area contributed by atoms with Crippen LogP contribution in [0.2, 0.25) is 0 Å². The zero-order valence-electron chi connectivity index (χ0n) is 14.9. The minimum Gasteiger partial charge on any atom is -0.266 e. The molecule has 1 aliphatic carbocycles. The Labute approximate surface area is 165 Å². The molecule has 0 atom stereocenters. The van der Waals surface area contributed by atoms with Crippen LogP contribution in [0.15, 0.2) is 36.4 Å². The Kier molecular flexibility index (Phi) is 5.05. The Morgan fingerprint density at radius 2 is 1.74 bits per heavy atom. The molecule has 7 heteroatoms. The van der Waals surface area contributed by atoms with E-state index in [1.807, 2.05) is 36.4 Å². The standard InChI is InChI=1S/C20H19N3O2S2/c1-12-17(27-20(21-12)13-7-3-2-4-8-13)19(25)23-22-18(24)16-11-14-9-5-6-10-15(14)26-16/h2-4,7-8,11H,5-6,9-10H2,1H3,(H,22,24)(H,23,25). The number of benzene rings is 1. The summed E-state index contributed by atoms with van der Waals surface area (Å²) >= 11 is 2.84. The quantitative estimate of drug-likeness (QED) is 0.653. The number of hydrogen-bond donors (Lipinski definition) is 2. The number of carbonyl (C=O) groups is 2. The fourth-order valence-corrected chi connectivity index (χ4v) is 5.26. The van der Waals surface area contributed by atoms with Crippen molar-refractivity contribution in [3.05, 3.63) is 62.3 Å². The van der Waals surface area contributed by atoms with Gasteiger partial charge in [-0.1, -0.05) is 30.3 Å². The van der Waals surface area contributed by atoms with Gasteiger partial charge in [-0.25, -0.2) is 4.98 Å². The van der Waals surface area contributed by atoms with E-state index in [4.69, 9.17) is 0 Å². The van der Waals surface area contributed by atoms with Gasteiger partial charge in [0.1, 0.15) is 9.88 Å². The number of aryl methyl sites for hydroxylation is 3. The number of thiazole rings is 1. The minimum absolute atomic E-state index is 0.270. The van der Waals surface area contributed by atoms with Crippen LogP contribution in [0.4, 0.5) is 0 Å². The van der Waals surface area contributed by atoms with Crippen LogP contribution < -0.4 is 10.9 Å². The molecule has 2 aromatic heterocycles. The fraction of sp³-hybridized carbons (Fsp3) is 0.250. The summed E-state index contributed by atoms with van der Waals surface area (Å²) in [5, 5.41) is 0.788. The lowest BCUT2D eigenvalue weighted by Gasteiger charge is -2.08. The first-order chi connectivity index (χ1) is 13.1. The molecule has 4 rings (SSSR count). The number of hydrogen-bond acceptors (Lipinski definition) is 5. The lowest BCUT2D eigenvalue weighted by molar-refractivity contribution is 0.0850. The summed E-state index contributed by atoms with van der Waals surface area (Å²) in [5.74, 6) is -0.616. The van der Waals surface area contributed by atoms with Gasteiger partial charge in [0, 0.05) is 10.4 Å². The number of rotatable bonds is 3. The van der Waals surface area contributed by atoms with Crippen molar-refractivity contribution in [1.82, 2.24) is 15.8 Å². The molecule has 2 N–H and O–H groups in total. The highest BCUT2D eigenvalue weighted by atomic mass is 32.1. The molecule has 3 aromatic rings. The van der Waals surface area contributed by atoms with Crippen LogP contribution in [-0.2, 0) is 12.8 Å². The van der Waals surface area contributed by atoms with Gasteiger partial charge >= 0.3 is 0 Å². The Hall–Kier alpha value is -2.51. The van der Waals surface area contributed by atoms with Crippen LogP contribution in [0.1, 0.15) is 48.3 Å². The molecule has 5 nitrogen and oxygen atoms in total. The van der Waals surface area contributed by atoms with E-state index in [1.165, 1.54) is 46.0 Å². The van der Waals surface area contributed by atoms with Crippen molar-refractivity contribution in [3.63, 3.8) is 0 Å². The van der Waals surface area contributed by atoms with Crippen molar-refractivity contribution in [2.75, 3.05) is 0 Å². The third kappa shape index (κ3) is 3.79. The SMILES string of the molecule is Cc1nc(-c2ccccc2)sc1C(=O)NNC(=O)c1cc2c(s1)CCCC2. The molecule has 0 saturated heterocycles. The van der Waals surface area contributed by atoms with Crippen LogP contribution in [0.3, 0.4) is 0 Å². The van der Waals surface area contributed by atoms with Crippen LogP contribution in [0.25, 0.3) is 10.6 Å². The summed E-state index contributed by atoms with van der Waals surface area (Å²) in [6, 6.07) is 11.7. The molecule has 0 bridgehead atoms. The van der Waals surface area contributed by atoms with E-state index in [0.29, 0.717) is 15.4 Å². The second-order valence-corrected chi connectivity index (χ2v) is 8.61. The van der Waals surface area contributed by atoms with Gasteiger partial charge < -0.3 is 0 Å². The van der Waals surface area contributed by atoms with Gasteiger partial charge in [-0.2, -0.15) is 0 Å². The van der Waals surface area contributed by atoms with Crippen molar-refractivity contribution < 1.29 is 9.59 Å². The van der Waals surface area contributed by atoms with Gasteiger partial charge in [-0.15, -0.1) is 22.7 Å². The number of nitrogens with one attached hydrogen (secondary N) is 2. The summed E-state index contributed by atoms with van der Waals surface area (Å²) < 4.78 is 0. The lowest BCUT2D eigenvalue weighted by atomic mass is 9.99. The van der Waals surface area contributed by atoms with E-state index < -0.39 is 0 Å². The molecule has 0 spiro atoms. The molecular weight excluding hydrogens is 378 g/mol. The zero-order valence-corrected chi connectivity index (χ0v) is 16.5. The number of amides is 2. The van der Waals surface area contributed by atoms with E-state index in [1.54, 1.807) is 6.92 Å². The van der Waals surface area contributed by atoms with Crippen molar-refractivity contribution in [3.8, 4) is 10.6 Å². The van der Waals surface area contributed by atoms with Gasteiger partial charge in [-0.05, 0) is 44.2 Å². The first-order valence-electron chi connectivity index (χ1n) is 8.87. The summed E-state index contributed by atoms with van der Waals surface area (Å²) in [4.78, 5) is 31.8. The number of hydrazine groups is 1. The molecule has 2 heterocycles. The fourth-order valence-electron chi connectivity index (χ4n) is 3.15. The third-order valence-corrected chi connectivity index (χ3v) is 6.97. The molecule has 1 aromatic carbocycles. The van der Waals surface area contributed by atoms with E-state index in [9.17, 15) is 9.59 Å². The largest absolute Gasteiger partial charge is 0.281 e. The highest BCUT2D eigenvalue weighted by Gasteiger charge is 2.19. The molecule has 0 saturated carbocycles. The van der Waals surface area contributed by atoms with Gasteiger partial charge in [-0.3, -0.25) is 20.4 Å². The Balaban J connectivity index is 1.43. The van der Waals surface area contributed by atoms with Crippen LogP contribution in [0.5, 0.6) is 0 Å². The first kappa shape index (κ1) is 17.9. The highest BCUT2D eigenvalue weighted by Crippen LogP contribution is 2.30. The number of carbonyl (C=O) groups excluding carboxylic acids is 2. The average Bonchev–Trinajstić information content (AvgIpc) is 3.30. The van der Waals surface area contributed by atoms with Gasteiger partial charge in [0.15, 0.2) is 0 Å². The summed E-state index contributed by atoms with van der Waals surface area (Å²) in [5.41, 5.74) is 7.95. The second kappa shape index (κ2) is 7.62.